The maximum atomic E-state index is 9.33. The standard InChI is InChI=1S/C11H18N2O2/c1-11(9-14)4-2-5-13(8-11)7-10-3-6-15-12-10/h3,6,14H,2,4-5,7-9H2,1H3. The number of rotatable bonds is 3. The summed E-state index contributed by atoms with van der Waals surface area (Å²) in [6, 6.07) is 1.89. The fourth-order valence-corrected chi connectivity index (χ4v) is 2.24. The third-order valence-corrected chi connectivity index (χ3v) is 3.12. The van der Waals surface area contributed by atoms with Gasteiger partial charge in [-0.05, 0) is 19.4 Å². The number of nitrogens with zero attached hydrogens (tertiary/aromatic N) is 2. The van der Waals surface area contributed by atoms with Gasteiger partial charge in [0.05, 0.1) is 5.69 Å². The Bertz CT molecular complexity index is 300. The summed E-state index contributed by atoms with van der Waals surface area (Å²) in [5.41, 5.74) is 1.03. The first-order chi connectivity index (χ1) is 7.22. The Morgan fingerprint density at radius 3 is 3.20 bits per heavy atom. The molecule has 1 aliphatic heterocycles. The van der Waals surface area contributed by atoms with Gasteiger partial charge in [-0.2, -0.15) is 0 Å². The highest BCUT2D eigenvalue weighted by Gasteiger charge is 2.30. The van der Waals surface area contributed by atoms with Crippen LogP contribution in [0.1, 0.15) is 25.5 Å². The molecule has 0 aromatic carbocycles. The summed E-state index contributed by atoms with van der Waals surface area (Å²) >= 11 is 0. The molecule has 0 saturated carbocycles. The van der Waals surface area contributed by atoms with Gasteiger partial charge < -0.3 is 9.63 Å². The number of likely N-dealkylation sites (tertiary alicyclic amines) is 1. The summed E-state index contributed by atoms with van der Waals surface area (Å²) in [4.78, 5) is 2.33. The first-order valence-electron chi connectivity index (χ1n) is 5.44. The lowest BCUT2D eigenvalue weighted by atomic mass is 9.83. The normalized spacial score (nSPS) is 28.1. The zero-order valence-electron chi connectivity index (χ0n) is 9.15. The number of hydrogen-bond acceptors (Lipinski definition) is 4. The molecule has 1 fully saturated rings. The van der Waals surface area contributed by atoms with Crippen LogP contribution in [0.15, 0.2) is 16.9 Å². The molecule has 4 nitrogen and oxygen atoms in total. The van der Waals surface area contributed by atoms with Crippen molar-refractivity contribution >= 4 is 0 Å². The van der Waals surface area contributed by atoms with Crippen molar-refractivity contribution in [2.45, 2.75) is 26.3 Å². The van der Waals surface area contributed by atoms with Crippen molar-refractivity contribution in [1.82, 2.24) is 10.1 Å². The minimum absolute atomic E-state index is 0.0575. The van der Waals surface area contributed by atoms with Crippen LogP contribution in [-0.4, -0.2) is 34.9 Å². The summed E-state index contributed by atoms with van der Waals surface area (Å²) in [5, 5.41) is 13.2. The Kier molecular flexibility index (Phi) is 3.07. The van der Waals surface area contributed by atoms with E-state index in [0.29, 0.717) is 0 Å². The molecular formula is C11H18N2O2. The molecule has 4 heteroatoms. The molecule has 1 atom stereocenters. The summed E-state index contributed by atoms with van der Waals surface area (Å²) in [5.74, 6) is 0. The van der Waals surface area contributed by atoms with Gasteiger partial charge in [0.2, 0.25) is 0 Å². The molecule has 0 amide bonds. The largest absolute Gasteiger partial charge is 0.396 e. The quantitative estimate of drug-likeness (QED) is 0.816. The smallest absolute Gasteiger partial charge is 0.124 e. The summed E-state index contributed by atoms with van der Waals surface area (Å²) < 4.78 is 4.81. The Morgan fingerprint density at radius 1 is 1.67 bits per heavy atom. The summed E-state index contributed by atoms with van der Waals surface area (Å²) in [7, 11) is 0. The van der Waals surface area contributed by atoms with Gasteiger partial charge in [0.15, 0.2) is 0 Å². The molecule has 0 radical (unpaired) electrons. The van der Waals surface area contributed by atoms with Gasteiger partial charge in [0.1, 0.15) is 6.26 Å². The Labute approximate surface area is 89.9 Å². The number of aromatic nitrogens is 1. The van der Waals surface area contributed by atoms with Crippen LogP contribution < -0.4 is 0 Å². The second kappa shape index (κ2) is 4.33. The Morgan fingerprint density at radius 2 is 2.53 bits per heavy atom. The van der Waals surface area contributed by atoms with Gasteiger partial charge in [-0.1, -0.05) is 12.1 Å². The molecule has 0 spiro atoms. The van der Waals surface area contributed by atoms with E-state index in [4.69, 9.17) is 4.52 Å². The molecule has 84 valence electrons. The molecular weight excluding hydrogens is 192 g/mol. The predicted molar refractivity (Wildman–Crippen MR) is 56.2 cm³/mol. The highest BCUT2D eigenvalue weighted by atomic mass is 16.5. The van der Waals surface area contributed by atoms with Crippen LogP contribution in [0, 0.1) is 5.41 Å². The van der Waals surface area contributed by atoms with E-state index in [0.717, 1.165) is 38.2 Å². The number of hydrogen-bond donors (Lipinski definition) is 1. The lowest BCUT2D eigenvalue weighted by molar-refractivity contribution is 0.0419. The van der Waals surface area contributed by atoms with Gasteiger partial charge in [-0.15, -0.1) is 0 Å². The lowest BCUT2D eigenvalue weighted by Gasteiger charge is -2.38. The van der Waals surface area contributed by atoms with Crippen molar-refractivity contribution < 1.29 is 9.63 Å². The van der Waals surface area contributed by atoms with Crippen LogP contribution >= 0.6 is 0 Å². The summed E-state index contributed by atoms with van der Waals surface area (Å²) in [6.45, 7) is 5.26. The zero-order valence-corrected chi connectivity index (χ0v) is 9.15. The van der Waals surface area contributed by atoms with Crippen LogP contribution in [0.25, 0.3) is 0 Å². The molecule has 0 bridgehead atoms. The molecule has 15 heavy (non-hydrogen) atoms. The predicted octanol–water partition coefficient (Wildman–Crippen LogP) is 1.27. The van der Waals surface area contributed by atoms with Crippen LogP contribution in [0.3, 0.4) is 0 Å². The maximum absolute atomic E-state index is 9.33. The van der Waals surface area contributed by atoms with Crippen LogP contribution in [0.5, 0.6) is 0 Å². The third kappa shape index (κ3) is 2.58. The van der Waals surface area contributed by atoms with Crippen molar-refractivity contribution in [2.75, 3.05) is 19.7 Å². The molecule has 1 aromatic rings. The van der Waals surface area contributed by atoms with Gasteiger partial charge in [0.25, 0.3) is 0 Å². The Balaban J connectivity index is 1.93. The van der Waals surface area contributed by atoms with E-state index in [2.05, 4.69) is 17.0 Å². The highest BCUT2D eigenvalue weighted by molar-refractivity contribution is 4.96. The molecule has 2 heterocycles. The van der Waals surface area contributed by atoms with E-state index in [1.165, 1.54) is 0 Å². The van der Waals surface area contributed by atoms with E-state index in [-0.39, 0.29) is 12.0 Å². The zero-order chi connectivity index (χ0) is 10.7. The van der Waals surface area contributed by atoms with Crippen molar-refractivity contribution in [3.8, 4) is 0 Å². The monoisotopic (exact) mass is 210 g/mol. The van der Waals surface area contributed by atoms with Crippen LogP contribution in [0.4, 0.5) is 0 Å². The molecule has 2 rings (SSSR count). The van der Waals surface area contributed by atoms with Crippen LogP contribution in [-0.2, 0) is 6.54 Å². The lowest BCUT2D eigenvalue weighted by Crippen LogP contribution is -2.43. The van der Waals surface area contributed by atoms with E-state index < -0.39 is 0 Å². The van der Waals surface area contributed by atoms with Gasteiger partial charge in [-0.25, -0.2) is 0 Å². The molecule has 1 aromatic heterocycles. The number of aliphatic hydroxyl groups excluding tert-OH is 1. The van der Waals surface area contributed by atoms with E-state index >= 15 is 0 Å². The highest BCUT2D eigenvalue weighted by Crippen LogP contribution is 2.29. The third-order valence-electron chi connectivity index (χ3n) is 3.12. The van der Waals surface area contributed by atoms with Crippen molar-refractivity contribution in [1.29, 1.82) is 0 Å². The average Bonchev–Trinajstić information content (AvgIpc) is 2.71. The molecule has 0 aliphatic carbocycles. The van der Waals surface area contributed by atoms with Crippen molar-refractivity contribution in [2.24, 2.45) is 5.41 Å². The first-order valence-corrected chi connectivity index (χ1v) is 5.44. The van der Waals surface area contributed by atoms with E-state index in [1.54, 1.807) is 6.26 Å². The minimum atomic E-state index is 0.0575. The van der Waals surface area contributed by atoms with Gasteiger partial charge in [0, 0.05) is 31.2 Å². The molecule has 1 saturated heterocycles. The van der Waals surface area contributed by atoms with Crippen molar-refractivity contribution in [3.05, 3.63) is 18.0 Å². The first kappa shape index (κ1) is 10.6. The maximum Gasteiger partial charge on any atom is 0.124 e. The molecule has 1 aliphatic rings. The van der Waals surface area contributed by atoms with E-state index in [9.17, 15) is 5.11 Å². The fraction of sp³-hybridized carbons (Fsp3) is 0.727. The topological polar surface area (TPSA) is 49.5 Å². The number of aliphatic hydroxyl groups is 1. The Hall–Kier alpha value is -0.870. The van der Waals surface area contributed by atoms with Gasteiger partial charge in [-0.3, -0.25) is 4.90 Å². The average molecular weight is 210 g/mol. The second-order valence-electron chi connectivity index (χ2n) is 4.77. The second-order valence-corrected chi connectivity index (χ2v) is 4.77. The van der Waals surface area contributed by atoms with E-state index in [1.807, 2.05) is 6.07 Å². The molecule has 1 N–H and O–H groups in total. The number of piperidine rings is 1. The molecule has 1 unspecified atom stereocenters. The SMILES string of the molecule is CC1(CO)CCCN(Cc2ccon2)C1. The minimum Gasteiger partial charge on any atom is -0.396 e. The van der Waals surface area contributed by atoms with Gasteiger partial charge >= 0.3 is 0 Å². The van der Waals surface area contributed by atoms with Crippen molar-refractivity contribution in [3.63, 3.8) is 0 Å². The fourth-order valence-electron chi connectivity index (χ4n) is 2.24. The summed E-state index contributed by atoms with van der Waals surface area (Å²) in [6.07, 6.45) is 3.86. The van der Waals surface area contributed by atoms with Crippen LogP contribution in [0.2, 0.25) is 0 Å².